The first-order valence-electron chi connectivity index (χ1n) is 18.4. The first-order valence-corrected chi connectivity index (χ1v) is 20.1. The van der Waals surface area contributed by atoms with Gasteiger partial charge < -0.3 is 9.47 Å². The van der Waals surface area contributed by atoms with Crippen molar-refractivity contribution in [1.82, 2.24) is 4.57 Å². The largest absolute Gasteiger partial charge is 0.309 e. The minimum absolute atomic E-state index is 0.0416. The molecule has 54 heavy (non-hydrogen) atoms. The topological polar surface area (TPSA) is 8.17 Å². The molecule has 10 aromatic rings. The molecule has 0 saturated heterocycles. The summed E-state index contributed by atoms with van der Waals surface area (Å²) in [5.41, 5.74) is 12.0. The highest BCUT2D eigenvalue weighted by atomic mass is 32.1. The molecule has 0 unspecified atom stereocenters. The molecular formula is C50H38N2S2. The monoisotopic (exact) mass is 730 g/mol. The summed E-state index contributed by atoms with van der Waals surface area (Å²) in [5.74, 6) is 0. The Balaban J connectivity index is 1.20. The Bertz CT molecular complexity index is 3060. The zero-order valence-corrected chi connectivity index (χ0v) is 32.1. The summed E-state index contributed by atoms with van der Waals surface area (Å²) in [4.78, 5) is 2.47. The molecule has 4 heteroatoms. The highest BCUT2D eigenvalue weighted by Crippen LogP contribution is 2.48. The van der Waals surface area contributed by atoms with Crippen molar-refractivity contribution >= 4 is 97.9 Å². The molecule has 0 N–H and O–H groups in total. The maximum absolute atomic E-state index is 4.12. The molecule has 0 aliphatic heterocycles. The minimum Gasteiger partial charge on any atom is -0.309 e. The van der Waals surface area contributed by atoms with E-state index in [1.54, 1.807) is 11.3 Å². The van der Waals surface area contributed by atoms with Crippen LogP contribution in [0.15, 0.2) is 164 Å². The zero-order valence-electron chi connectivity index (χ0n) is 30.5. The van der Waals surface area contributed by atoms with Crippen molar-refractivity contribution in [3.8, 4) is 16.8 Å². The third kappa shape index (κ3) is 5.20. The lowest BCUT2D eigenvalue weighted by Crippen LogP contribution is -2.10. The van der Waals surface area contributed by atoms with Gasteiger partial charge in [-0.05, 0) is 99.8 Å². The van der Waals surface area contributed by atoms with Gasteiger partial charge in [-0.25, -0.2) is 0 Å². The molecule has 0 aliphatic carbocycles. The van der Waals surface area contributed by atoms with Crippen LogP contribution in [0.25, 0.3) is 75.0 Å². The van der Waals surface area contributed by atoms with Crippen LogP contribution < -0.4 is 4.90 Å². The second-order valence-electron chi connectivity index (χ2n) is 15.1. The van der Waals surface area contributed by atoms with E-state index in [9.17, 15) is 0 Å². The summed E-state index contributed by atoms with van der Waals surface area (Å²) in [6.07, 6.45) is 1.97. The summed E-state index contributed by atoms with van der Waals surface area (Å²) in [6.45, 7) is 11.0. The quantitative estimate of drug-likeness (QED) is 0.165. The molecule has 0 saturated carbocycles. The van der Waals surface area contributed by atoms with Crippen LogP contribution in [-0.2, 0) is 5.41 Å². The molecule has 10 rings (SSSR count). The fourth-order valence-electron chi connectivity index (χ4n) is 8.06. The molecule has 0 atom stereocenters. The number of hydrogen-bond acceptors (Lipinski definition) is 3. The van der Waals surface area contributed by atoms with Gasteiger partial charge in [-0.15, -0.1) is 22.7 Å². The molecule has 7 aromatic carbocycles. The average molecular weight is 731 g/mol. The predicted octanol–water partition coefficient (Wildman–Crippen LogP) is 15.4. The molecule has 3 heterocycles. The number of fused-ring (bicyclic) bond motifs is 7. The summed E-state index contributed by atoms with van der Waals surface area (Å²) in [7, 11) is 0. The van der Waals surface area contributed by atoms with E-state index in [1.165, 1.54) is 91.4 Å². The van der Waals surface area contributed by atoms with Gasteiger partial charge in [-0.2, -0.15) is 0 Å². The first-order chi connectivity index (χ1) is 26.4. The van der Waals surface area contributed by atoms with Crippen molar-refractivity contribution in [3.05, 3.63) is 175 Å². The van der Waals surface area contributed by atoms with E-state index >= 15 is 0 Å². The number of hydrogen-bond donors (Lipinski definition) is 0. The lowest BCUT2D eigenvalue weighted by molar-refractivity contribution is 0.591. The molecule has 0 radical (unpaired) electrons. The van der Waals surface area contributed by atoms with Crippen LogP contribution in [0.3, 0.4) is 0 Å². The van der Waals surface area contributed by atoms with Crippen molar-refractivity contribution < 1.29 is 0 Å². The Morgan fingerprint density at radius 1 is 0.574 bits per heavy atom. The van der Waals surface area contributed by atoms with E-state index < -0.39 is 0 Å². The van der Waals surface area contributed by atoms with Gasteiger partial charge in [0.25, 0.3) is 0 Å². The number of nitrogens with zero attached hydrogens (tertiary/aromatic N) is 2. The van der Waals surface area contributed by atoms with E-state index in [-0.39, 0.29) is 5.41 Å². The maximum atomic E-state index is 4.12. The van der Waals surface area contributed by atoms with Gasteiger partial charge in [-0.1, -0.05) is 118 Å². The maximum Gasteiger partial charge on any atom is 0.0640 e. The van der Waals surface area contributed by atoms with Gasteiger partial charge in [0.2, 0.25) is 0 Å². The number of thiophene rings is 2. The first kappa shape index (κ1) is 32.7. The molecule has 0 amide bonds. The van der Waals surface area contributed by atoms with Crippen LogP contribution in [0.1, 0.15) is 31.9 Å². The summed E-state index contributed by atoms with van der Waals surface area (Å²) in [5, 5.41) is 8.58. The van der Waals surface area contributed by atoms with Crippen LogP contribution in [-0.4, -0.2) is 4.57 Å². The van der Waals surface area contributed by atoms with Crippen molar-refractivity contribution in [1.29, 1.82) is 0 Å². The molecular weight excluding hydrogens is 693 g/mol. The lowest BCUT2D eigenvalue weighted by Gasteiger charge is -2.27. The second kappa shape index (κ2) is 12.6. The summed E-state index contributed by atoms with van der Waals surface area (Å²) >= 11 is 3.66. The highest BCUT2D eigenvalue weighted by molar-refractivity contribution is 7.26. The Labute approximate surface area is 323 Å². The smallest absolute Gasteiger partial charge is 0.0640 e. The molecule has 0 spiro atoms. The van der Waals surface area contributed by atoms with E-state index in [1.807, 2.05) is 17.4 Å². The Morgan fingerprint density at radius 2 is 1.24 bits per heavy atom. The standard InChI is InChI=1S/C50H38N2S2/c1-5-32-31-53-48-38(32)19-12-21-45(48)52(46-22-13-20-40-39-18-9-10-23-47(39)54-49(40)46)37-17-11-14-33(28-37)34-24-26-43-41(29-34)42-30-35(50(2,3)4)25-27-44(42)51(43)36-15-7-6-8-16-36/h5-31H,1H2,2-4H3. The Kier molecular flexibility index (Phi) is 7.62. The van der Waals surface area contributed by atoms with Crippen molar-refractivity contribution in [3.63, 3.8) is 0 Å². The van der Waals surface area contributed by atoms with Crippen LogP contribution in [0, 0.1) is 0 Å². The van der Waals surface area contributed by atoms with Gasteiger partial charge in [0.1, 0.15) is 0 Å². The van der Waals surface area contributed by atoms with Gasteiger partial charge >= 0.3 is 0 Å². The Morgan fingerprint density at radius 3 is 2.04 bits per heavy atom. The third-order valence-corrected chi connectivity index (χ3v) is 13.0. The van der Waals surface area contributed by atoms with Crippen molar-refractivity contribution in [2.45, 2.75) is 26.2 Å². The number of benzene rings is 7. The number of para-hydroxylation sites is 1. The Hall–Kier alpha value is -5.94. The van der Waals surface area contributed by atoms with Crippen LogP contribution in [0.4, 0.5) is 17.1 Å². The predicted molar refractivity (Wildman–Crippen MR) is 238 cm³/mol. The van der Waals surface area contributed by atoms with Crippen LogP contribution in [0.5, 0.6) is 0 Å². The molecule has 260 valence electrons. The number of aromatic nitrogens is 1. The molecule has 0 fully saturated rings. The second-order valence-corrected chi connectivity index (χ2v) is 17.0. The van der Waals surface area contributed by atoms with E-state index in [2.05, 4.69) is 194 Å². The molecule has 3 aromatic heterocycles. The van der Waals surface area contributed by atoms with Gasteiger partial charge in [0, 0.05) is 43.0 Å². The van der Waals surface area contributed by atoms with E-state index in [0.717, 1.165) is 5.69 Å². The average Bonchev–Trinajstić information content (AvgIpc) is 3.90. The van der Waals surface area contributed by atoms with Crippen molar-refractivity contribution in [2.24, 2.45) is 0 Å². The fraction of sp³-hybridized carbons (Fsp3) is 0.0800. The van der Waals surface area contributed by atoms with E-state index in [0.29, 0.717) is 0 Å². The molecule has 0 aliphatic rings. The third-order valence-electron chi connectivity index (χ3n) is 10.8. The number of rotatable bonds is 6. The van der Waals surface area contributed by atoms with E-state index in [4.69, 9.17) is 0 Å². The van der Waals surface area contributed by atoms with Crippen LogP contribution in [0.2, 0.25) is 0 Å². The summed E-state index contributed by atoms with van der Waals surface area (Å²) < 4.78 is 6.24. The lowest BCUT2D eigenvalue weighted by atomic mass is 9.86. The SMILES string of the molecule is C=Cc1csc2c(N(c3cccc(-c4ccc5c(c4)c4cc(C(C)(C)C)ccc4n5-c4ccccc4)c3)c3cccc4c3sc3ccccc34)cccc12. The molecule has 0 bridgehead atoms. The van der Waals surface area contributed by atoms with Crippen molar-refractivity contribution in [2.75, 3.05) is 4.90 Å². The van der Waals surface area contributed by atoms with Gasteiger partial charge in [-0.3, -0.25) is 0 Å². The minimum atomic E-state index is 0.0416. The highest BCUT2D eigenvalue weighted by Gasteiger charge is 2.22. The van der Waals surface area contributed by atoms with Gasteiger partial charge in [0.15, 0.2) is 0 Å². The number of anilines is 3. The molecule has 2 nitrogen and oxygen atoms in total. The normalized spacial score (nSPS) is 12.1. The fourth-order valence-corrected chi connectivity index (χ4v) is 10.3. The van der Waals surface area contributed by atoms with Gasteiger partial charge in [0.05, 0.1) is 31.8 Å². The summed E-state index contributed by atoms with van der Waals surface area (Å²) in [6, 6.07) is 56.0. The zero-order chi connectivity index (χ0) is 36.6. The van der Waals surface area contributed by atoms with Crippen LogP contribution >= 0.6 is 22.7 Å².